The third kappa shape index (κ3) is 4.13. The van der Waals surface area contributed by atoms with Gasteiger partial charge in [-0.1, -0.05) is 29.8 Å². The number of para-hydroxylation sites is 1. The number of halogens is 4. The van der Waals surface area contributed by atoms with Crippen LogP contribution in [-0.2, 0) is 0 Å². The van der Waals surface area contributed by atoms with Crippen LogP contribution in [0.2, 0.25) is 5.02 Å². The van der Waals surface area contributed by atoms with Gasteiger partial charge in [-0.05, 0) is 30.3 Å². The summed E-state index contributed by atoms with van der Waals surface area (Å²) in [7, 11) is 0. The highest BCUT2D eigenvalue weighted by Crippen LogP contribution is 2.41. The lowest BCUT2D eigenvalue weighted by Gasteiger charge is -2.27. The molecule has 0 fully saturated rings. The molecule has 11 heteroatoms. The molecule has 1 aliphatic rings. The van der Waals surface area contributed by atoms with Gasteiger partial charge in [0.25, 0.3) is 0 Å². The fourth-order valence-corrected chi connectivity index (χ4v) is 4.04. The zero-order valence-corrected chi connectivity index (χ0v) is 18.1. The largest absolute Gasteiger partial charge is 0.412 e. The highest BCUT2D eigenvalue weighted by molar-refractivity contribution is 6.35. The van der Waals surface area contributed by atoms with Crippen molar-refractivity contribution in [1.29, 1.82) is 0 Å². The second-order valence-electron chi connectivity index (χ2n) is 7.58. The van der Waals surface area contributed by atoms with Gasteiger partial charge in [0, 0.05) is 28.9 Å². The highest BCUT2D eigenvalue weighted by atomic mass is 35.5. The molecular weight excluding hydrogens is 469 g/mol. The van der Waals surface area contributed by atoms with Crippen LogP contribution >= 0.6 is 11.6 Å². The van der Waals surface area contributed by atoms with Gasteiger partial charge in [-0.2, -0.15) is 13.2 Å². The lowest BCUT2D eigenvalue weighted by Crippen LogP contribution is -2.30. The second kappa shape index (κ2) is 8.54. The van der Waals surface area contributed by atoms with Crippen LogP contribution in [0.15, 0.2) is 67.3 Å². The number of rotatable bonds is 4. The number of nitrogens with zero attached hydrogens (tertiary/aromatic N) is 5. The molecule has 5 rings (SSSR count). The Morgan fingerprint density at radius 3 is 2.74 bits per heavy atom. The number of nitrogens with one attached hydrogen (secondary N) is 1. The van der Waals surface area contributed by atoms with E-state index < -0.39 is 12.2 Å². The first kappa shape index (κ1) is 22.1. The van der Waals surface area contributed by atoms with Crippen molar-refractivity contribution in [1.82, 2.24) is 25.0 Å². The number of fused-ring (bicyclic) bond motifs is 2. The highest BCUT2D eigenvalue weighted by Gasteiger charge is 2.43. The van der Waals surface area contributed by atoms with E-state index in [2.05, 4.69) is 25.3 Å². The van der Waals surface area contributed by atoms with Crippen molar-refractivity contribution in [2.75, 3.05) is 11.9 Å². The van der Waals surface area contributed by atoms with E-state index in [0.717, 1.165) is 5.06 Å². The molecule has 172 valence electrons. The molecule has 1 aromatic carbocycles. The van der Waals surface area contributed by atoms with Crippen molar-refractivity contribution >= 4 is 44.9 Å². The minimum atomic E-state index is -4.72. The lowest BCUT2D eigenvalue weighted by molar-refractivity contribution is -0.144. The van der Waals surface area contributed by atoms with E-state index in [-0.39, 0.29) is 29.1 Å². The average molecular weight is 485 g/mol. The Morgan fingerprint density at radius 1 is 1.09 bits per heavy atom. The first-order valence-electron chi connectivity index (χ1n) is 10.1. The average Bonchev–Trinajstić information content (AvgIpc) is 2.81. The maximum Gasteiger partial charge on any atom is 0.412 e. The summed E-state index contributed by atoms with van der Waals surface area (Å²) in [4.78, 5) is 16.7. The lowest BCUT2D eigenvalue weighted by atomic mass is 9.96. The van der Waals surface area contributed by atoms with Gasteiger partial charge in [0.15, 0.2) is 11.9 Å². The monoisotopic (exact) mass is 484 g/mol. The fourth-order valence-electron chi connectivity index (χ4n) is 3.82. The summed E-state index contributed by atoms with van der Waals surface area (Å²) in [5, 5.41) is 14.1. The molecule has 4 aromatic rings. The molecule has 0 amide bonds. The smallest absolute Gasteiger partial charge is 0.353 e. The topological polar surface area (TPSA) is 87.1 Å². The summed E-state index contributed by atoms with van der Waals surface area (Å²) in [5.41, 5.74) is 1.28. The molecule has 0 aliphatic carbocycles. The van der Waals surface area contributed by atoms with Gasteiger partial charge in [0.05, 0.1) is 28.3 Å². The molecule has 0 radical (unpaired) electrons. The number of aromatic nitrogens is 4. The molecule has 2 N–H and O–H groups in total. The van der Waals surface area contributed by atoms with Gasteiger partial charge in [-0.3, -0.25) is 15.3 Å². The van der Waals surface area contributed by atoms with Crippen molar-refractivity contribution in [3.05, 3.63) is 83.6 Å². The Bertz CT molecular complexity index is 1450. The maximum atomic E-state index is 14.5. The zero-order valence-electron chi connectivity index (χ0n) is 17.3. The maximum absolute atomic E-state index is 14.5. The Morgan fingerprint density at radius 2 is 1.94 bits per heavy atom. The van der Waals surface area contributed by atoms with Gasteiger partial charge in [-0.15, -0.1) is 0 Å². The number of anilines is 1. The quantitative estimate of drug-likeness (QED) is 0.393. The van der Waals surface area contributed by atoms with E-state index in [0.29, 0.717) is 27.0 Å². The van der Waals surface area contributed by atoms with E-state index in [9.17, 15) is 18.4 Å². The number of allylic oxidation sites excluding steroid dienone is 2. The van der Waals surface area contributed by atoms with Crippen molar-refractivity contribution in [3.63, 3.8) is 0 Å². The van der Waals surface area contributed by atoms with Crippen LogP contribution in [-0.4, -0.2) is 42.9 Å². The van der Waals surface area contributed by atoms with Gasteiger partial charge in [0.1, 0.15) is 11.8 Å². The summed E-state index contributed by atoms with van der Waals surface area (Å²) < 4.78 is 43.6. The standard InChI is InChI=1S/C23H16ClF3N6O/c24-16-6-1-4-13-10-15(18(31-19(13)16)14-5-3-9-33(34)11-14)21(23(25,26)27)32-22-20-17(29-12-30-22)7-2-8-28-20/h1-10,12,21,34H,11H2,(H,29,30,32)/t21-/m1/s1. The number of alkyl halides is 3. The summed E-state index contributed by atoms with van der Waals surface area (Å²) in [6.45, 7) is -0.0466. The van der Waals surface area contributed by atoms with Crippen molar-refractivity contribution in [3.8, 4) is 0 Å². The molecular formula is C23H16ClF3N6O. The van der Waals surface area contributed by atoms with E-state index >= 15 is 0 Å². The van der Waals surface area contributed by atoms with Gasteiger partial charge in [0.2, 0.25) is 0 Å². The van der Waals surface area contributed by atoms with Crippen LogP contribution in [0.3, 0.4) is 0 Å². The van der Waals surface area contributed by atoms with Crippen LogP contribution in [0, 0.1) is 0 Å². The van der Waals surface area contributed by atoms with Crippen LogP contribution < -0.4 is 5.32 Å². The minimum Gasteiger partial charge on any atom is -0.353 e. The van der Waals surface area contributed by atoms with Gasteiger partial charge < -0.3 is 5.32 Å². The number of benzene rings is 1. The minimum absolute atomic E-state index is 0.0466. The molecule has 0 bridgehead atoms. The molecule has 7 nitrogen and oxygen atoms in total. The van der Waals surface area contributed by atoms with E-state index in [4.69, 9.17) is 11.6 Å². The molecule has 0 unspecified atom stereocenters. The number of pyridine rings is 2. The molecule has 0 saturated heterocycles. The molecule has 34 heavy (non-hydrogen) atoms. The summed E-state index contributed by atoms with van der Waals surface area (Å²) in [5.74, 6) is -0.0635. The normalized spacial score (nSPS) is 15.0. The Hall–Kier alpha value is -3.76. The van der Waals surface area contributed by atoms with Crippen LogP contribution in [0.5, 0.6) is 0 Å². The zero-order chi connectivity index (χ0) is 23.9. The molecule has 0 spiro atoms. The van der Waals surface area contributed by atoms with Crippen molar-refractivity contribution < 1.29 is 18.4 Å². The molecule has 4 heterocycles. The fraction of sp³-hybridized carbons (Fsp3) is 0.130. The number of hydrogen-bond acceptors (Lipinski definition) is 7. The Labute approximate surface area is 196 Å². The van der Waals surface area contributed by atoms with E-state index in [1.165, 1.54) is 30.9 Å². The first-order valence-corrected chi connectivity index (χ1v) is 10.5. The molecule has 1 atom stereocenters. The number of hydrogen-bond donors (Lipinski definition) is 2. The van der Waals surface area contributed by atoms with Crippen LogP contribution in [0.4, 0.5) is 19.0 Å². The summed E-state index contributed by atoms with van der Waals surface area (Å²) >= 11 is 6.29. The Kier molecular flexibility index (Phi) is 5.54. The summed E-state index contributed by atoms with van der Waals surface area (Å²) in [6.07, 6.45) is 2.44. The van der Waals surface area contributed by atoms with Crippen molar-refractivity contribution in [2.24, 2.45) is 0 Å². The molecule has 1 aliphatic heterocycles. The SMILES string of the molecule is ON1C=CC=C(c2nc3c(Cl)cccc3cc2[C@@H](Nc2ncnc3cccnc23)C(F)(F)F)C1. The third-order valence-corrected chi connectivity index (χ3v) is 5.64. The van der Waals surface area contributed by atoms with Gasteiger partial charge in [-0.25, -0.2) is 15.0 Å². The summed E-state index contributed by atoms with van der Waals surface area (Å²) in [6, 6.07) is 7.41. The third-order valence-electron chi connectivity index (χ3n) is 5.33. The predicted octanol–water partition coefficient (Wildman–Crippen LogP) is 5.54. The second-order valence-corrected chi connectivity index (χ2v) is 7.99. The van der Waals surface area contributed by atoms with Crippen LogP contribution in [0.1, 0.15) is 17.3 Å². The molecule has 3 aromatic heterocycles. The predicted molar refractivity (Wildman–Crippen MR) is 122 cm³/mol. The van der Waals surface area contributed by atoms with Crippen molar-refractivity contribution in [2.45, 2.75) is 12.2 Å². The van der Waals surface area contributed by atoms with Gasteiger partial charge >= 0.3 is 6.18 Å². The molecule has 0 saturated carbocycles. The number of hydroxylamine groups is 2. The van der Waals surface area contributed by atoms with E-state index in [1.54, 1.807) is 36.4 Å². The first-order chi connectivity index (χ1) is 16.3. The van der Waals surface area contributed by atoms with E-state index in [1.807, 2.05) is 0 Å². The Balaban J connectivity index is 1.72. The van der Waals surface area contributed by atoms with Crippen LogP contribution in [0.25, 0.3) is 27.5 Å².